The number of rotatable bonds is 3. The number of aromatic nitrogens is 1. The zero-order chi connectivity index (χ0) is 12.4. The molecule has 0 atom stereocenters. The Morgan fingerprint density at radius 2 is 2.18 bits per heavy atom. The average Bonchev–Trinajstić information content (AvgIpc) is 2.27. The van der Waals surface area contributed by atoms with Gasteiger partial charge < -0.3 is 14.9 Å². The minimum atomic E-state index is -0.954. The number of methoxy groups -OCH3 is 1. The van der Waals surface area contributed by atoms with Gasteiger partial charge in [0.15, 0.2) is 0 Å². The zero-order valence-electron chi connectivity index (χ0n) is 9.17. The van der Waals surface area contributed by atoms with Gasteiger partial charge >= 0.3 is 5.97 Å². The molecule has 0 fully saturated rings. The van der Waals surface area contributed by atoms with Gasteiger partial charge in [0.05, 0.1) is 19.0 Å². The van der Waals surface area contributed by atoms with Crippen molar-refractivity contribution >= 4 is 16.9 Å². The zero-order valence-corrected chi connectivity index (χ0v) is 9.17. The standard InChI is InChI=1S/C12H11NO4/c1-17-12-8(6-11(15)16)4-7-5-9(14)2-3-10(7)13-12/h2-5,14H,6H2,1H3,(H,15,16). The number of fused-ring (bicyclic) bond motifs is 1. The van der Waals surface area contributed by atoms with E-state index in [-0.39, 0.29) is 12.2 Å². The molecule has 0 radical (unpaired) electrons. The number of carboxylic acid groups (broad SMARTS) is 1. The second-order valence-electron chi connectivity index (χ2n) is 3.60. The van der Waals surface area contributed by atoms with Crippen LogP contribution in [0.5, 0.6) is 11.6 Å². The molecule has 1 aromatic carbocycles. The van der Waals surface area contributed by atoms with Crippen molar-refractivity contribution in [3.63, 3.8) is 0 Å². The van der Waals surface area contributed by atoms with Gasteiger partial charge in [-0.3, -0.25) is 4.79 Å². The maximum Gasteiger partial charge on any atom is 0.308 e. The normalized spacial score (nSPS) is 10.4. The van der Waals surface area contributed by atoms with Gasteiger partial charge in [-0.15, -0.1) is 0 Å². The van der Waals surface area contributed by atoms with Crippen molar-refractivity contribution in [1.29, 1.82) is 0 Å². The molecule has 2 N–H and O–H groups in total. The number of pyridine rings is 1. The van der Waals surface area contributed by atoms with Gasteiger partial charge in [-0.05, 0) is 24.3 Å². The van der Waals surface area contributed by atoms with Gasteiger partial charge in [0, 0.05) is 10.9 Å². The van der Waals surface area contributed by atoms with E-state index >= 15 is 0 Å². The number of carbonyl (C=O) groups is 1. The Morgan fingerprint density at radius 3 is 2.82 bits per heavy atom. The average molecular weight is 233 g/mol. The Kier molecular flexibility index (Phi) is 2.82. The van der Waals surface area contributed by atoms with Crippen molar-refractivity contribution < 1.29 is 19.7 Å². The fourth-order valence-electron chi connectivity index (χ4n) is 1.66. The van der Waals surface area contributed by atoms with E-state index in [0.717, 1.165) is 0 Å². The largest absolute Gasteiger partial charge is 0.508 e. The number of hydrogen-bond acceptors (Lipinski definition) is 4. The Labute approximate surface area is 97.3 Å². The second kappa shape index (κ2) is 4.29. The number of aromatic hydroxyl groups is 1. The van der Waals surface area contributed by atoms with Crippen LogP contribution in [0.1, 0.15) is 5.56 Å². The van der Waals surface area contributed by atoms with Crippen LogP contribution in [0.25, 0.3) is 10.9 Å². The first kappa shape index (κ1) is 11.2. The summed E-state index contributed by atoms with van der Waals surface area (Å²) in [6, 6.07) is 6.37. The molecule has 0 spiro atoms. The first-order valence-corrected chi connectivity index (χ1v) is 4.98. The number of carboxylic acids is 1. The Hall–Kier alpha value is -2.30. The number of phenols is 1. The molecule has 0 aliphatic carbocycles. The topological polar surface area (TPSA) is 79.7 Å². The molecule has 88 valence electrons. The smallest absolute Gasteiger partial charge is 0.308 e. The molecule has 0 amide bonds. The van der Waals surface area contributed by atoms with Crippen LogP contribution in [0.3, 0.4) is 0 Å². The first-order valence-electron chi connectivity index (χ1n) is 4.98. The summed E-state index contributed by atoms with van der Waals surface area (Å²) in [5, 5.41) is 18.8. The van der Waals surface area contributed by atoms with E-state index in [1.54, 1.807) is 12.1 Å². The number of ether oxygens (including phenoxy) is 1. The molecular weight excluding hydrogens is 222 g/mol. The van der Waals surface area contributed by atoms with Gasteiger partial charge in [-0.25, -0.2) is 4.98 Å². The molecule has 0 unspecified atom stereocenters. The molecule has 0 aliphatic rings. The molecule has 2 rings (SSSR count). The highest BCUT2D eigenvalue weighted by molar-refractivity contribution is 5.83. The summed E-state index contributed by atoms with van der Waals surface area (Å²) >= 11 is 0. The summed E-state index contributed by atoms with van der Waals surface area (Å²) in [6.45, 7) is 0. The number of hydrogen-bond donors (Lipinski definition) is 2. The van der Waals surface area contributed by atoms with E-state index in [1.165, 1.54) is 19.2 Å². The predicted octanol–water partition coefficient (Wildman–Crippen LogP) is 1.58. The fraction of sp³-hybridized carbons (Fsp3) is 0.167. The predicted molar refractivity (Wildman–Crippen MR) is 61.3 cm³/mol. The highest BCUT2D eigenvalue weighted by Gasteiger charge is 2.11. The molecule has 17 heavy (non-hydrogen) atoms. The summed E-state index contributed by atoms with van der Waals surface area (Å²) in [6.07, 6.45) is -0.165. The summed E-state index contributed by atoms with van der Waals surface area (Å²) in [7, 11) is 1.44. The van der Waals surface area contributed by atoms with Crippen molar-refractivity contribution in [2.24, 2.45) is 0 Å². The van der Waals surface area contributed by atoms with Crippen molar-refractivity contribution in [2.45, 2.75) is 6.42 Å². The summed E-state index contributed by atoms with van der Waals surface area (Å²) in [5.41, 5.74) is 1.13. The maximum atomic E-state index is 10.7. The van der Waals surface area contributed by atoms with E-state index in [1.807, 2.05) is 0 Å². The molecule has 2 aromatic rings. The Balaban J connectivity index is 2.60. The van der Waals surface area contributed by atoms with Crippen molar-refractivity contribution in [3.8, 4) is 11.6 Å². The van der Waals surface area contributed by atoms with Crippen LogP contribution in [0, 0.1) is 0 Å². The number of benzene rings is 1. The quantitative estimate of drug-likeness (QED) is 0.841. The third-order valence-electron chi connectivity index (χ3n) is 2.37. The van der Waals surface area contributed by atoms with Crippen LogP contribution in [-0.2, 0) is 11.2 Å². The monoisotopic (exact) mass is 233 g/mol. The summed E-state index contributed by atoms with van der Waals surface area (Å²) in [5.74, 6) is -0.541. The van der Waals surface area contributed by atoms with Crippen LogP contribution in [-0.4, -0.2) is 28.3 Å². The van der Waals surface area contributed by atoms with E-state index in [0.29, 0.717) is 22.3 Å². The van der Waals surface area contributed by atoms with E-state index in [9.17, 15) is 9.90 Å². The number of nitrogens with zero attached hydrogens (tertiary/aromatic N) is 1. The first-order chi connectivity index (χ1) is 8.10. The second-order valence-corrected chi connectivity index (χ2v) is 3.60. The van der Waals surface area contributed by atoms with E-state index < -0.39 is 5.97 Å². The molecule has 5 heteroatoms. The molecule has 1 aromatic heterocycles. The van der Waals surface area contributed by atoms with Crippen molar-refractivity contribution in [1.82, 2.24) is 4.98 Å². The lowest BCUT2D eigenvalue weighted by molar-refractivity contribution is -0.136. The fourth-order valence-corrected chi connectivity index (χ4v) is 1.66. The van der Waals surface area contributed by atoms with Crippen molar-refractivity contribution in [3.05, 3.63) is 29.8 Å². The van der Waals surface area contributed by atoms with Crippen LogP contribution in [0.4, 0.5) is 0 Å². The van der Waals surface area contributed by atoms with Gasteiger partial charge in [0.25, 0.3) is 0 Å². The lowest BCUT2D eigenvalue weighted by Gasteiger charge is -2.07. The third kappa shape index (κ3) is 2.28. The van der Waals surface area contributed by atoms with Crippen LogP contribution in [0.15, 0.2) is 24.3 Å². The van der Waals surface area contributed by atoms with Gasteiger partial charge in [-0.1, -0.05) is 0 Å². The molecule has 0 aliphatic heterocycles. The molecular formula is C12H11NO4. The Bertz CT molecular complexity index is 580. The maximum absolute atomic E-state index is 10.7. The lowest BCUT2D eigenvalue weighted by Crippen LogP contribution is -2.03. The molecule has 1 heterocycles. The molecule has 0 saturated carbocycles. The van der Waals surface area contributed by atoms with E-state index in [2.05, 4.69) is 4.98 Å². The minimum absolute atomic E-state index is 0.116. The van der Waals surface area contributed by atoms with Crippen LogP contribution < -0.4 is 4.74 Å². The Morgan fingerprint density at radius 1 is 1.41 bits per heavy atom. The van der Waals surface area contributed by atoms with Crippen LogP contribution in [0.2, 0.25) is 0 Å². The van der Waals surface area contributed by atoms with E-state index in [4.69, 9.17) is 9.84 Å². The third-order valence-corrected chi connectivity index (χ3v) is 2.37. The van der Waals surface area contributed by atoms with Crippen LogP contribution >= 0.6 is 0 Å². The highest BCUT2D eigenvalue weighted by Crippen LogP contribution is 2.25. The molecule has 0 saturated heterocycles. The van der Waals surface area contributed by atoms with Crippen molar-refractivity contribution in [2.75, 3.05) is 7.11 Å². The van der Waals surface area contributed by atoms with Gasteiger partial charge in [0.2, 0.25) is 5.88 Å². The minimum Gasteiger partial charge on any atom is -0.508 e. The summed E-state index contributed by atoms with van der Waals surface area (Å²) < 4.78 is 5.05. The highest BCUT2D eigenvalue weighted by atomic mass is 16.5. The number of aliphatic carboxylic acids is 1. The SMILES string of the molecule is COc1nc2ccc(O)cc2cc1CC(=O)O. The van der Waals surface area contributed by atoms with Gasteiger partial charge in [-0.2, -0.15) is 0 Å². The molecule has 0 bridgehead atoms. The number of phenolic OH excluding ortho intramolecular Hbond substituents is 1. The molecule has 5 nitrogen and oxygen atoms in total. The summed E-state index contributed by atoms with van der Waals surface area (Å²) in [4.78, 5) is 14.9. The lowest BCUT2D eigenvalue weighted by atomic mass is 10.1. The van der Waals surface area contributed by atoms with Gasteiger partial charge in [0.1, 0.15) is 5.75 Å².